The third-order valence-corrected chi connectivity index (χ3v) is 7.15. The summed E-state index contributed by atoms with van der Waals surface area (Å²) < 4.78 is 29.8. The van der Waals surface area contributed by atoms with Crippen LogP contribution in [0.15, 0.2) is 10.6 Å². The minimum Gasteiger partial charge on any atom is -0.360 e. The number of amides is 1. The Morgan fingerprint density at radius 3 is 2.52 bits per heavy atom. The number of hydrogen-bond acceptors (Lipinski definition) is 5. The monoisotopic (exact) mass is 340 g/mol. The van der Waals surface area contributed by atoms with Gasteiger partial charge in [0.15, 0.2) is 15.5 Å². The second-order valence-electron chi connectivity index (χ2n) is 7.10. The van der Waals surface area contributed by atoms with Crippen molar-refractivity contribution in [3.8, 4) is 0 Å². The lowest BCUT2D eigenvalue weighted by atomic mass is 10.1. The zero-order chi connectivity index (χ0) is 16.6. The Balaban J connectivity index is 1.58. The third kappa shape index (κ3) is 3.76. The Morgan fingerprint density at radius 2 is 1.96 bits per heavy atom. The molecule has 1 amide bonds. The molecule has 1 aliphatic carbocycles. The molecule has 7 heteroatoms. The molecule has 6 nitrogen and oxygen atoms in total. The van der Waals surface area contributed by atoms with Crippen LogP contribution in [0.5, 0.6) is 0 Å². The minimum atomic E-state index is -3.07. The number of likely N-dealkylation sites (tertiary alicyclic amines) is 1. The number of carbonyl (C=O) groups is 1. The van der Waals surface area contributed by atoms with Crippen LogP contribution in [0.2, 0.25) is 0 Å². The van der Waals surface area contributed by atoms with Crippen LogP contribution in [-0.2, 0) is 9.84 Å². The van der Waals surface area contributed by atoms with E-state index < -0.39 is 9.84 Å². The van der Waals surface area contributed by atoms with E-state index in [9.17, 15) is 13.2 Å². The second-order valence-corrected chi connectivity index (χ2v) is 9.43. The summed E-state index contributed by atoms with van der Waals surface area (Å²) in [5, 5.41) is 3.55. The van der Waals surface area contributed by atoms with Gasteiger partial charge in [-0.1, -0.05) is 19.0 Å². The van der Waals surface area contributed by atoms with Gasteiger partial charge in [-0.25, -0.2) is 8.42 Å². The van der Waals surface area contributed by atoms with E-state index in [1.54, 1.807) is 11.0 Å². The molecule has 128 valence electrons. The van der Waals surface area contributed by atoms with Gasteiger partial charge in [-0.05, 0) is 31.6 Å². The molecule has 0 atom stereocenters. The van der Waals surface area contributed by atoms with Gasteiger partial charge in [-0.15, -0.1) is 0 Å². The van der Waals surface area contributed by atoms with Crippen molar-refractivity contribution in [1.29, 1.82) is 0 Å². The highest BCUT2D eigenvalue weighted by atomic mass is 32.2. The Hall–Kier alpha value is -1.37. The summed E-state index contributed by atoms with van der Waals surface area (Å²) in [5.41, 5.74) is 0.343. The molecule has 2 heterocycles. The number of nitrogens with zero attached hydrogens (tertiary/aromatic N) is 2. The van der Waals surface area contributed by atoms with E-state index in [0.717, 1.165) is 18.6 Å². The standard InChI is InChI=1S/C16H24N2O4S/c1-11(2)10-23(20,21)13-5-7-18(8-6-13)16(19)14-9-15(22-17-14)12-3-4-12/h9,11-13H,3-8,10H2,1-2H3. The first-order valence-electron chi connectivity index (χ1n) is 8.34. The van der Waals surface area contributed by atoms with Gasteiger partial charge in [0, 0.05) is 25.1 Å². The molecule has 1 aromatic heterocycles. The Labute approximate surface area is 137 Å². The zero-order valence-corrected chi connectivity index (χ0v) is 14.5. The molecular weight excluding hydrogens is 316 g/mol. The van der Waals surface area contributed by atoms with Gasteiger partial charge < -0.3 is 9.42 Å². The van der Waals surface area contributed by atoms with Gasteiger partial charge in [0.1, 0.15) is 5.76 Å². The first kappa shape index (κ1) is 16.5. The van der Waals surface area contributed by atoms with E-state index in [0.29, 0.717) is 37.5 Å². The zero-order valence-electron chi connectivity index (χ0n) is 13.7. The van der Waals surface area contributed by atoms with Crippen molar-refractivity contribution >= 4 is 15.7 Å². The fourth-order valence-corrected chi connectivity index (χ4v) is 5.26. The largest absolute Gasteiger partial charge is 0.360 e. The number of rotatable bonds is 5. The maximum atomic E-state index is 12.4. The first-order valence-corrected chi connectivity index (χ1v) is 10.1. The fraction of sp³-hybridized carbons (Fsp3) is 0.750. The number of piperidine rings is 1. The number of aromatic nitrogens is 1. The number of carbonyl (C=O) groups excluding carboxylic acids is 1. The molecule has 23 heavy (non-hydrogen) atoms. The summed E-state index contributed by atoms with van der Waals surface area (Å²) >= 11 is 0. The van der Waals surface area contributed by atoms with Crippen molar-refractivity contribution in [1.82, 2.24) is 10.1 Å². The van der Waals surface area contributed by atoms with Crippen LogP contribution >= 0.6 is 0 Å². The predicted molar refractivity (Wildman–Crippen MR) is 86.0 cm³/mol. The van der Waals surface area contributed by atoms with Gasteiger partial charge in [-0.3, -0.25) is 4.79 Å². The maximum absolute atomic E-state index is 12.4. The molecule has 0 aromatic carbocycles. The molecule has 1 saturated heterocycles. The fourth-order valence-electron chi connectivity index (χ4n) is 3.13. The van der Waals surface area contributed by atoms with Crippen LogP contribution < -0.4 is 0 Å². The SMILES string of the molecule is CC(C)CS(=O)(=O)C1CCN(C(=O)c2cc(C3CC3)on2)CC1. The summed E-state index contributed by atoms with van der Waals surface area (Å²) in [5.74, 6) is 1.43. The molecule has 1 aliphatic heterocycles. The molecule has 2 fully saturated rings. The van der Waals surface area contributed by atoms with E-state index in [1.165, 1.54) is 0 Å². The molecule has 3 rings (SSSR count). The minimum absolute atomic E-state index is 0.135. The van der Waals surface area contributed by atoms with Crippen LogP contribution in [0.1, 0.15) is 61.7 Å². The van der Waals surface area contributed by atoms with E-state index >= 15 is 0 Å². The lowest BCUT2D eigenvalue weighted by Gasteiger charge is -2.31. The molecule has 0 radical (unpaired) electrons. The number of sulfone groups is 1. The normalized spacial score (nSPS) is 20.2. The van der Waals surface area contributed by atoms with E-state index in [-0.39, 0.29) is 22.8 Å². The van der Waals surface area contributed by atoms with Gasteiger partial charge in [0.05, 0.1) is 11.0 Å². The van der Waals surface area contributed by atoms with Gasteiger partial charge in [-0.2, -0.15) is 0 Å². The molecule has 1 aromatic rings. The second kappa shape index (κ2) is 6.26. The first-order chi connectivity index (χ1) is 10.9. The highest BCUT2D eigenvalue weighted by molar-refractivity contribution is 7.92. The van der Waals surface area contributed by atoms with E-state index in [2.05, 4.69) is 5.16 Å². The Morgan fingerprint density at radius 1 is 1.30 bits per heavy atom. The van der Waals surface area contributed by atoms with Crippen LogP contribution in [-0.4, -0.2) is 48.5 Å². The highest BCUT2D eigenvalue weighted by Gasteiger charge is 2.34. The van der Waals surface area contributed by atoms with E-state index in [4.69, 9.17) is 4.52 Å². The average Bonchev–Trinajstić information content (AvgIpc) is 3.23. The average molecular weight is 340 g/mol. The number of hydrogen-bond donors (Lipinski definition) is 0. The van der Waals surface area contributed by atoms with E-state index in [1.807, 2.05) is 13.8 Å². The van der Waals surface area contributed by atoms with Gasteiger partial charge in [0.2, 0.25) is 0 Å². The van der Waals surface area contributed by atoms with Crippen molar-refractivity contribution in [2.45, 2.75) is 50.7 Å². The summed E-state index contributed by atoms with van der Waals surface area (Å²) in [6, 6.07) is 1.74. The molecule has 0 bridgehead atoms. The third-order valence-electron chi connectivity index (χ3n) is 4.53. The van der Waals surface area contributed by atoms with Crippen molar-refractivity contribution < 1.29 is 17.7 Å². The molecule has 1 saturated carbocycles. The molecular formula is C16H24N2O4S. The van der Waals surface area contributed by atoms with Crippen molar-refractivity contribution in [2.24, 2.45) is 5.92 Å². The molecule has 0 unspecified atom stereocenters. The topological polar surface area (TPSA) is 80.5 Å². The lowest BCUT2D eigenvalue weighted by Crippen LogP contribution is -2.43. The van der Waals surface area contributed by atoms with Gasteiger partial charge in [0.25, 0.3) is 5.91 Å². The Kier molecular flexibility index (Phi) is 4.49. The lowest BCUT2D eigenvalue weighted by molar-refractivity contribution is 0.0715. The highest BCUT2D eigenvalue weighted by Crippen LogP contribution is 2.40. The van der Waals surface area contributed by atoms with Crippen LogP contribution in [0.3, 0.4) is 0 Å². The predicted octanol–water partition coefficient (Wildman–Crippen LogP) is 2.23. The summed E-state index contributed by atoms with van der Waals surface area (Å²) in [7, 11) is -3.07. The summed E-state index contributed by atoms with van der Waals surface area (Å²) in [6.07, 6.45) is 3.21. The van der Waals surface area contributed by atoms with Crippen LogP contribution in [0.25, 0.3) is 0 Å². The van der Waals surface area contributed by atoms with Crippen molar-refractivity contribution in [3.63, 3.8) is 0 Å². The van der Waals surface area contributed by atoms with Crippen LogP contribution in [0.4, 0.5) is 0 Å². The van der Waals surface area contributed by atoms with Crippen LogP contribution in [0, 0.1) is 5.92 Å². The Bertz CT molecular complexity index is 668. The molecule has 0 N–H and O–H groups in total. The molecule has 0 spiro atoms. The summed E-state index contributed by atoms with van der Waals surface area (Å²) in [6.45, 7) is 4.76. The smallest absolute Gasteiger partial charge is 0.276 e. The maximum Gasteiger partial charge on any atom is 0.276 e. The quantitative estimate of drug-likeness (QED) is 0.821. The van der Waals surface area contributed by atoms with Gasteiger partial charge >= 0.3 is 0 Å². The summed E-state index contributed by atoms with van der Waals surface area (Å²) in [4.78, 5) is 14.1. The van der Waals surface area contributed by atoms with Crippen molar-refractivity contribution in [2.75, 3.05) is 18.8 Å². The molecule has 2 aliphatic rings. The van der Waals surface area contributed by atoms with Crippen molar-refractivity contribution in [3.05, 3.63) is 17.5 Å².